The molecule has 0 unspecified atom stereocenters. The summed E-state index contributed by atoms with van der Waals surface area (Å²) in [6.07, 6.45) is 0.00181. The van der Waals surface area contributed by atoms with Gasteiger partial charge in [0.05, 0.1) is 21.2 Å². The molecule has 0 aromatic heterocycles. The standard InChI is InChI=1S/C17H12Cl2N2O3/c18-13-8-11-12(9-14(13)19)17(24)21(16(11)23)7-6-15(22)20-10-4-2-1-3-5-10/h1-5,8-9H,6-7H2,(H,20,22). The third kappa shape index (κ3) is 3.13. The van der Waals surface area contributed by atoms with Crippen LogP contribution in [0.15, 0.2) is 42.5 Å². The molecule has 0 saturated carbocycles. The smallest absolute Gasteiger partial charge is 0.261 e. The number of fused-ring (bicyclic) bond motifs is 1. The Bertz CT molecular complexity index is 796. The van der Waals surface area contributed by atoms with Crippen LogP contribution in [0, 0.1) is 0 Å². The third-order valence-electron chi connectivity index (χ3n) is 3.63. The van der Waals surface area contributed by atoms with Crippen molar-refractivity contribution in [3.05, 3.63) is 63.6 Å². The number of carbonyl (C=O) groups is 3. The molecule has 7 heteroatoms. The van der Waals surface area contributed by atoms with Crippen LogP contribution >= 0.6 is 23.2 Å². The number of hydrogen-bond acceptors (Lipinski definition) is 3. The summed E-state index contributed by atoms with van der Waals surface area (Å²) in [6.45, 7) is -0.0136. The first-order valence-electron chi connectivity index (χ1n) is 7.17. The van der Waals surface area contributed by atoms with Gasteiger partial charge in [0.2, 0.25) is 5.91 Å². The van der Waals surface area contributed by atoms with Gasteiger partial charge in [0.1, 0.15) is 0 Å². The van der Waals surface area contributed by atoms with Crippen molar-refractivity contribution in [2.45, 2.75) is 6.42 Å². The summed E-state index contributed by atoms with van der Waals surface area (Å²) >= 11 is 11.8. The summed E-state index contributed by atoms with van der Waals surface area (Å²) in [6, 6.07) is 11.7. The number of anilines is 1. The van der Waals surface area contributed by atoms with Crippen LogP contribution in [-0.2, 0) is 4.79 Å². The Balaban J connectivity index is 1.67. The lowest BCUT2D eigenvalue weighted by Crippen LogP contribution is -2.32. The molecule has 0 bridgehead atoms. The second kappa shape index (κ2) is 6.63. The lowest BCUT2D eigenvalue weighted by molar-refractivity contribution is -0.116. The van der Waals surface area contributed by atoms with Crippen molar-refractivity contribution < 1.29 is 14.4 Å². The Kier molecular flexibility index (Phi) is 4.55. The SMILES string of the molecule is O=C(CCN1C(=O)c2cc(Cl)c(Cl)cc2C1=O)Nc1ccccc1. The molecule has 0 atom stereocenters. The van der Waals surface area contributed by atoms with E-state index >= 15 is 0 Å². The summed E-state index contributed by atoms with van der Waals surface area (Å²) in [5, 5.41) is 3.12. The van der Waals surface area contributed by atoms with E-state index in [1.54, 1.807) is 24.3 Å². The predicted molar refractivity (Wildman–Crippen MR) is 91.5 cm³/mol. The molecule has 3 rings (SSSR count). The maximum atomic E-state index is 12.3. The molecule has 1 N–H and O–H groups in total. The highest BCUT2D eigenvalue weighted by Crippen LogP contribution is 2.31. The fourth-order valence-corrected chi connectivity index (χ4v) is 2.77. The molecule has 5 nitrogen and oxygen atoms in total. The number of para-hydroxylation sites is 1. The second-order valence-corrected chi connectivity index (χ2v) is 6.05. The lowest BCUT2D eigenvalue weighted by atomic mass is 10.1. The van der Waals surface area contributed by atoms with Gasteiger partial charge in [-0.2, -0.15) is 0 Å². The zero-order chi connectivity index (χ0) is 17.3. The summed E-state index contributed by atoms with van der Waals surface area (Å²) in [4.78, 5) is 37.6. The van der Waals surface area contributed by atoms with Crippen molar-refractivity contribution in [3.8, 4) is 0 Å². The van der Waals surface area contributed by atoms with Crippen molar-refractivity contribution in [2.75, 3.05) is 11.9 Å². The third-order valence-corrected chi connectivity index (χ3v) is 4.35. The van der Waals surface area contributed by atoms with Gasteiger partial charge in [-0.05, 0) is 24.3 Å². The average molecular weight is 363 g/mol. The number of nitrogens with zero attached hydrogens (tertiary/aromatic N) is 1. The second-order valence-electron chi connectivity index (χ2n) is 5.24. The number of rotatable bonds is 4. The van der Waals surface area contributed by atoms with Gasteiger partial charge in [0, 0.05) is 18.7 Å². The molecule has 1 heterocycles. The van der Waals surface area contributed by atoms with Gasteiger partial charge >= 0.3 is 0 Å². The Morgan fingerprint density at radius 2 is 1.50 bits per heavy atom. The first-order chi connectivity index (χ1) is 11.5. The van der Waals surface area contributed by atoms with Gasteiger partial charge in [-0.1, -0.05) is 41.4 Å². The van der Waals surface area contributed by atoms with E-state index in [9.17, 15) is 14.4 Å². The maximum absolute atomic E-state index is 12.3. The van der Waals surface area contributed by atoms with Crippen LogP contribution in [0.4, 0.5) is 5.69 Å². The normalized spacial score (nSPS) is 13.2. The molecule has 1 aliphatic heterocycles. The van der Waals surface area contributed by atoms with E-state index < -0.39 is 11.8 Å². The highest BCUT2D eigenvalue weighted by Gasteiger charge is 2.36. The predicted octanol–water partition coefficient (Wildman–Crippen LogP) is 3.62. The number of nitrogens with one attached hydrogen (secondary N) is 1. The van der Waals surface area contributed by atoms with Crippen molar-refractivity contribution in [1.82, 2.24) is 4.90 Å². The van der Waals surface area contributed by atoms with Gasteiger partial charge in [0.25, 0.3) is 11.8 Å². The topological polar surface area (TPSA) is 66.5 Å². The first kappa shape index (κ1) is 16.5. The van der Waals surface area contributed by atoms with E-state index in [1.807, 2.05) is 6.07 Å². The molecule has 0 saturated heterocycles. The summed E-state index contributed by atoms with van der Waals surface area (Å²) < 4.78 is 0. The summed E-state index contributed by atoms with van der Waals surface area (Å²) in [7, 11) is 0. The molecule has 24 heavy (non-hydrogen) atoms. The Morgan fingerprint density at radius 3 is 2.04 bits per heavy atom. The highest BCUT2D eigenvalue weighted by atomic mass is 35.5. The molecule has 2 aromatic rings. The number of imide groups is 1. The van der Waals surface area contributed by atoms with Gasteiger partial charge in [-0.15, -0.1) is 0 Å². The van der Waals surface area contributed by atoms with Crippen LogP contribution < -0.4 is 5.32 Å². The number of amides is 3. The zero-order valence-electron chi connectivity index (χ0n) is 12.4. The van der Waals surface area contributed by atoms with E-state index in [0.717, 1.165) is 4.90 Å². The molecule has 3 amide bonds. The quantitative estimate of drug-likeness (QED) is 0.844. The van der Waals surface area contributed by atoms with Crippen LogP contribution in [-0.4, -0.2) is 29.2 Å². The lowest BCUT2D eigenvalue weighted by Gasteiger charge is -2.13. The number of hydrogen-bond donors (Lipinski definition) is 1. The first-order valence-corrected chi connectivity index (χ1v) is 7.93. The summed E-state index contributed by atoms with van der Waals surface area (Å²) in [5.74, 6) is -1.23. The number of halogens is 2. The van der Waals surface area contributed by atoms with Crippen LogP contribution in [0.5, 0.6) is 0 Å². The number of carbonyl (C=O) groups excluding carboxylic acids is 3. The molecule has 0 spiro atoms. The Morgan fingerprint density at radius 1 is 0.958 bits per heavy atom. The molecular weight excluding hydrogens is 351 g/mol. The van der Waals surface area contributed by atoms with E-state index in [-0.39, 0.29) is 40.0 Å². The highest BCUT2D eigenvalue weighted by molar-refractivity contribution is 6.43. The molecule has 122 valence electrons. The van der Waals surface area contributed by atoms with Crippen LogP contribution in [0.1, 0.15) is 27.1 Å². The maximum Gasteiger partial charge on any atom is 0.261 e. The molecule has 2 aromatic carbocycles. The molecular formula is C17H12Cl2N2O3. The molecule has 1 aliphatic rings. The number of benzene rings is 2. The van der Waals surface area contributed by atoms with Crippen molar-refractivity contribution in [3.63, 3.8) is 0 Å². The Hall–Kier alpha value is -2.37. The van der Waals surface area contributed by atoms with Gasteiger partial charge in [-0.3, -0.25) is 19.3 Å². The minimum Gasteiger partial charge on any atom is -0.326 e. The molecule has 0 radical (unpaired) electrons. The summed E-state index contributed by atoms with van der Waals surface area (Å²) in [5.41, 5.74) is 1.07. The van der Waals surface area contributed by atoms with Crippen LogP contribution in [0.25, 0.3) is 0 Å². The monoisotopic (exact) mass is 362 g/mol. The van der Waals surface area contributed by atoms with Gasteiger partial charge in [-0.25, -0.2) is 0 Å². The van der Waals surface area contributed by atoms with Crippen molar-refractivity contribution in [1.29, 1.82) is 0 Å². The molecule has 0 fully saturated rings. The van der Waals surface area contributed by atoms with E-state index in [1.165, 1.54) is 12.1 Å². The van der Waals surface area contributed by atoms with Crippen LogP contribution in [0.3, 0.4) is 0 Å². The fourth-order valence-electron chi connectivity index (χ4n) is 2.45. The fraction of sp³-hybridized carbons (Fsp3) is 0.118. The largest absolute Gasteiger partial charge is 0.326 e. The van der Waals surface area contributed by atoms with Gasteiger partial charge < -0.3 is 5.32 Å². The minimum absolute atomic E-state index is 0.00181. The van der Waals surface area contributed by atoms with E-state index in [0.29, 0.717) is 5.69 Å². The van der Waals surface area contributed by atoms with Gasteiger partial charge in [0.15, 0.2) is 0 Å². The Labute approximate surface area is 148 Å². The van der Waals surface area contributed by atoms with Crippen LogP contribution in [0.2, 0.25) is 10.0 Å². The average Bonchev–Trinajstić information content (AvgIpc) is 2.78. The van der Waals surface area contributed by atoms with E-state index in [2.05, 4.69) is 5.32 Å². The van der Waals surface area contributed by atoms with Crippen molar-refractivity contribution in [2.24, 2.45) is 0 Å². The molecule has 0 aliphatic carbocycles. The van der Waals surface area contributed by atoms with E-state index in [4.69, 9.17) is 23.2 Å². The zero-order valence-corrected chi connectivity index (χ0v) is 13.9. The van der Waals surface area contributed by atoms with Crippen molar-refractivity contribution >= 4 is 46.6 Å². The minimum atomic E-state index is -0.471.